The molecule has 0 saturated heterocycles. The molecule has 0 bridgehead atoms. The van der Waals surface area contributed by atoms with Crippen molar-refractivity contribution in [3.8, 4) is 0 Å². The van der Waals surface area contributed by atoms with Gasteiger partial charge in [0.15, 0.2) is 9.84 Å². The molecule has 4 heteroatoms. The van der Waals surface area contributed by atoms with Crippen LogP contribution in [0.15, 0.2) is 35.2 Å². The first kappa shape index (κ1) is 13.6. The standard InChI is InChI=1S/C14H21NO2S/c1-12(11-15-13-7-5-6-8-13)18(16,17)14-9-3-2-4-10-14/h2-4,9-10,12-13,15H,5-8,11H2,1H3. The quantitative estimate of drug-likeness (QED) is 0.891. The second-order valence-electron chi connectivity index (χ2n) is 5.06. The molecule has 0 aromatic heterocycles. The highest BCUT2D eigenvalue weighted by molar-refractivity contribution is 7.92. The van der Waals surface area contributed by atoms with Gasteiger partial charge in [0.05, 0.1) is 10.1 Å². The van der Waals surface area contributed by atoms with E-state index >= 15 is 0 Å². The molecule has 2 rings (SSSR count). The molecule has 0 aliphatic heterocycles. The molecule has 0 spiro atoms. The number of hydrogen-bond acceptors (Lipinski definition) is 3. The van der Waals surface area contributed by atoms with E-state index in [2.05, 4.69) is 5.32 Å². The summed E-state index contributed by atoms with van der Waals surface area (Å²) in [6, 6.07) is 9.22. The fourth-order valence-electron chi connectivity index (χ4n) is 2.41. The molecule has 3 nitrogen and oxygen atoms in total. The third kappa shape index (κ3) is 3.12. The van der Waals surface area contributed by atoms with E-state index in [-0.39, 0.29) is 5.25 Å². The molecule has 1 atom stereocenters. The van der Waals surface area contributed by atoms with Crippen LogP contribution in [0.3, 0.4) is 0 Å². The van der Waals surface area contributed by atoms with Crippen molar-refractivity contribution < 1.29 is 8.42 Å². The summed E-state index contributed by atoms with van der Waals surface area (Å²) in [5, 5.41) is 3.00. The minimum Gasteiger partial charge on any atom is -0.313 e. The maximum absolute atomic E-state index is 12.3. The minimum atomic E-state index is -3.19. The molecule has 1 aliphatic carbocycles. The van der Waals surface area contributed by atoms with Crippen LogP contribution in [0.2, 0.25) is 0 Å². The summed E-state index contributed by atoms with van der Waals surface area (Å²) in [6.45, 7) is 2.33. The molecule has 1 N–H and O–H groups in total. The van der Waals surface area contributed by atoms with Crippen LogP contribution in [0.5, 0.6) is 0 Å². The van der Waals surface area contributed by atoms with Crippen molar-refractivity contribution in [3.05, 3.63) is 30.3 Å². The Bertz CT molecular complexity index is 464. The van der Waals surface area contributed by atoms with Crippen molar-refractivity contribution in [2.24, 2.45) is 0 Å². The summed E-state index contributed by atoms with van der Waals surface area (Å²) in [5.41, 5.74) is 0. The Morgan fingerprint density at radius 3 is 2.44 bits per heavy atom. The summed E-state index contributed by atoms with van der Waals surface area (Å²) in [7, 11) is -3.19. The average Bonchev–Trinajstić information content (AvgIpc) is 2.90. The van der Waals surface area contributed by atoms with Crippen LogP contribution in [0.4, 0.5) is 0 Å². The predicted molar refractivity (Wildman–Crippen MR) is 73.3 cm³/mol. The van der Waals surface area contributed by atoms with Crippen LogP contribution < -0.4 is 5.32 Å². The van der Waals surface area contributed by atoms with Gasteiger partial charge in [-0.2, -0.15) is 0 Å². The molecule has 0 amide bonds. The van der Waals surface area contributed by atoms with Gasteiger partial charge in [0.25, 0.3) is 0 Å². The van der Waals surface area contributed by atoms with Gasteiger partial charge in [-0.3, -0.25) is 0 Å². The molecular weight excluding hydrogens is 246 g/mol. The Kier molecular flexibility index (Phi) is 4.40. The predicted octanol–water partition coefficient (Wildman–Crippen LogP) is 2.38. The summed E-state index contributed by atoms with van der Waals surface area (Å²) in [6.07, 6.45) is 4.88. The molecule has 18 heavy (non-hydrogen) atoms. The van der Waals surface area contributed by atoms with Crippen molar-refractivity contribution in [1.82, 2.24) is 5.32 Å². The molecular formula is C14H21NO2S. The summed E-state index contributed by atoms with van der Waals surface area (Å²) < 4.78 is 24.6. The van der Waals surface area contributed by atoms with E-state index in [0.29, 0.717) is 17.5 Å². The van der Waals surface area contributed by atoms with Gasteiger partial charge in [-0.05, 0) is 31.9 Å². The van der Waals surface area contributed by atoms with Crippen LogP contribution in [0.25, 0.3) is 0 Å². The van der Waals surface area contributed by atoms with Gasteiger partial charge in [-0.1, -0.05) is 31.0 Å². The van der Waals surface area contributed by atoms with E-state index in [4.69, 9.17) is 0 Å². The largest absolute Gasteiger partial charge is 0.313 e. The van der Waals surface area contributed by atoms with Crippen LogP contribution in [-0.4, -0.2) is 26.3 Å². The minimum absolute atomic E-state index is 0.375. The van der Waals surface area contributed by atoms with Crippen LogP contribution in [0.1, 0.15) is 32.6 Å². The molecule has 1 fully saturated rings. The number of rotatable bonds is 5. The van der Waals surface area contributed by atoms with Gasteiger partial charge in [0, 0.05) is 12.6 Å². The Morgan fingerprint density at radius 1 is 1.22 bits per heavy atom. The second kappa shape index (κ2) is 5.85. The molecule has 1 saturated carbocycles. The average molecular weight is 267 g/mol. The van der Waals surface area contributed by atoms with Crippen LogP contribution >= 0.6 is 0 Å². The maximum atomic E-state index is 12.3. The Hall–Kier alpha value is -0.870. The van der Waals surface area contributed by atoms with Crippen LogP contribution in [-0.2, 0) is 9.84 Å². The molecule has 1 aromatic carbocycles. The molecule has 0 heterocycles. The van der Waals surface area contributed by atoms with Gasteiger partial charge in [0.2, 0.25) is 0 Å². The molecule has 1 unspecified atom stereocenters. The lowest BCUT2D eigenvalue weighted by Gasteiger charge is -2.17. The molecule has 0 radical (unpaired) electrons. The first-order chi connectivity index (χ1) is 8.60. The summed E-state index contributed by atoms with van der Waals surface area (Å²) >= 11 is 0. The molecule has 1 aliphatic rings. The van der Waals surface area contributed by atoms with Crippen molar-refractivity contribution in [2.75, 3.05) is 6.54 Å². The van der Waals surface area contributed by atoms with Gasteiger partial charge in [-0.25, -0.2) is 8.42 Å². The highest BCUT2D eigenvalue weighted by Crippen LogP contribution is 2.19. The smallest absolute Gasteiger partial charge is 0.182 e. The number of hydrogen-bond donors (Lipinski definition) is 1. The van der Waals surface area contributed by atoms with Crippen molar-refractivity contribution in [1.29, 1.82) is 0 Å². The topological polar surface area (TPSA) is 46.2 Å². The van der Waals surface area contributed by atoms with Gasteiger partial charge in [0.1, 0.15) is 0 Å². The fourth-order valence-corrected chi connectivity index (χ4v) is 3.73. The highest BCUT2D eigenvalue weighted by atomic mass is 32.2. The van der Waals surface area contributed by atoms with Crippen molar-refractivity contribution in [3.63, 3.8) is 0 Å². The van der Waals surface area contributed by atoms with E-state index in [9.17, 15) is 8.42 Å². The zero-order valence-corrected chi connectivity index (χ0v) is 11.6. The van der Waals surface area contributed by atoms with Crippen LogP contribution in [0, 0.1) is 0 Å². The lowest BCUT2D eigenvalue weighted by atomic mass is 10.2. The Morgan fingerprint density at radius 2 is 1.83 bits per heavy atom. The zero-order valence-electron chi connectivity index (χ0n) is 10.8. The van der Waals surface area contributed by atoms with E-state index in [1.165, 1.54) is 25.7 Å². The summed E-state index contributed by atoms with van der Waals surface area (Å²) in [4.78, 5) is 0.422. The van der Waals surface area contributed by atoms with E-state index < -0.39 is 9.84 Å². The normalized spacial score (nSPS) is 18.9. The zero-order chi connectivity index (χ0) is 13.0. The lowest BCUT2D eigenvalue weighted by molar-refractivity contribution is 0.512. The Labute approximate surface area is 110 Å². The Balaban J connectivity index is 1.97. The summed E-state index contributed by atoms with van der Waals surface area (Å²) in [5.74, 6) is 0. The third-order valence-electron chi connectivity index (χ3n) is 3.65. The van der Waals surface area contributed by atoms with E-state index in [0.717, 1.165) is 0 Å². The second-order valence-corrected chi connectivity index (χ2v) is 7.42. The monoisotopic (exact) mass is 267 g/mol. The van der Waals surface area contributed by atoms with Crippen molar-refractivity contribution in [2.45, 2.75) is 48.8 Å². The maximum Gasteiger partial charge on any atom is 0.182 e. The lowest BCUT2D eigenvalue weighted by Crippen LogP contribution is -2.36. The van der Waals surface area contributed by atoms with E-state index in [1.807, 2.05) is 6.07 Å². The molecule has 100 valence electrons. The molecule has 1 aromatic rings. The number of benzene rings is 1. The van der Waals surface area contributed by atoms with E-state index in [1.54, 1.807) is 31.2 Å². The fraction of sp³-hybridized carbons (Fsp3) is 0.571. The van der Waals surface area contributed by atoms with Gasteiger partial charge in [-0.15, -0.1) is 0 Å². The number of sulfone groups is 1. The van der Waals surface area contributed by atoms with Gasteiger partial charge >= 0.3 is 0 Å². The van der Waals surface area contributed by atoms with Crippen molar-refractivity contribution >= 4 is 9.84 Å². The SMILES string of the molecule is CC(CNC1CCCC1)S(=O)(=O)c1ccccc1. The third-order valence-corrected chi connectivity index (χ3v) is 5.81. The van der Waals surface area contributed by atoms with Gasteiger partial charge < -0.3 is 5.32 Å². The first-order valence-electron chi connectivity index (χ1n) is 6.63. The first-order valence-corrected chi connectivity index (χ1v) is 8.17. The number of nitrogens with one attached hydrogen (secondary N) is 1. The highest BCUT2D eigenvalue weighted by Gasteiger charge is 2.24.